The molecular weight excluding hydrogens is 176 g/mol. The van der Waals surface area contributed by atoms with E-state index in [4.69, 9.17) is 5.73 Å². The van der Waals surface area contributed by atoms with Gasteiger partial charge in [-0.25, -0.2) is 0 Å². The number of halogens is 1. The van der Waals surface area contributed by atoms with Gasteiger partial charge in [0.15, 0.2) is 0 Å². The van der Waals surface area contributed by atoms with Crippen molar-refractivity contribution in [2.75, 3.05) is 13.1 Å². The minimum absolute atomic E-state index is 0. The predicted molar refractivity (Wildman–Crippen MR) is 51.3 cm³/mol. The number of nitrogens with zero attached hydrogens (tertiary/aromatic N) is 1. The number of amides is 1. The van der Waals surface area contributed by atoms with E-state index in [-0.39, 0.29) is 24.4 Å². The van der Waals surface area contributed by atoms with Crippen molar-refractivity contribution in [3.63, 3.8) is 0 Å². The predicted octanol–water partition coefficient (Wildman–Crippen LogP) is 0.768. The average Bonchev–Trinajstić information content (AvgIpc) is 2.05. The van der Waals surface area contributed by atoms with Crippen molar-refractivity contribution in [3.8, 4) is 0 Å². The lowest BCUT2D eigenvalue weighted by molar-refractivity contribution is -0.133. The van der Waals surface area contributed by atoms with E-state index >= 15 is 0 Å². The third-order valence-electron chi connectivity index (χ3n) is 2.06. The number of likely N-dealkylation sites (tertiary alicyclic amines) is 1. The van der Waals surface area contributed by atoms with Crippen molar-refractivity contribution < 1.29 is 4.79 Å². The highest BCUT2D eigenvalue weighted by molar-refractivity contribution is 5.85. The largest absolute Gasteiger partial charge is 0.341 e. The van der Waals surface area contributed by atoms with Crippen molar-refractivity contribution in [1.82, 2.24) is 4.90 Å². The first-order chi connectivity index (χ1) is 5.22. The molecule has 1 rings (SSSR count). The molecule has 12 heavy (non-hydrogen) atoms. The van der Waals surface area contributed by atoms with Gasteiger partial charge in [-0.05, 0) is 26.2 Å². The number of hydrogen-bond donors (Lipinski definition) is 1. The first-order valence-electron chi connectivity index (χ1n) is 4.26. The van der Waals surface area contributed by atoms with E-state index in [9.17, 15) is 4.79 Å². The Kier molecular flexibility index (Phi) is 5.25. The minimum atomic E-state index is -0.326. The fraction of sp³-hybridized carbons (Fsp3) is 0.875. The van der Waals surface area contributed by atoms with Gasteiger partial charge in [-0.15, -0.1) is 12.4 Å². The van der Waals surface area contributed by atoms with Crippen LogP contribution in [0, 0.1) is 0 Å². The van der Waals surface area contributed by atoms with Crippen LogP contribution in [0.5, 0.6) is 0 Å². The molecule has 1 heterocycles. The van der Waals surface area contributed by atoms with Crippen molar-refractivity contribution in [2.45, 2.75) is 32.2 Å². The number of hydrogen-bond acceptors (Lipinski definition) is 2. The first kappa shape index (κ1) is 11.7. The second-order valence-electron chi connectivity index (χ2n) is 3.17. The smallest absolute Gasteiger partial charge is 0.239 e. The maximum Gasteiger partial charge on any atom is 0.239 e. The van der Waals surface area contributed by atoms with Gasteiger partial charge in [-0.3, -0.25) is 4.79 Å². The van der Waals surface area contributed by atoms with E-state index < -0.39 is 0 Å². The molecule has 1 fully saturated rings. The fourth-order valence-electron chi connectivity index (χ4n) is 1.40. The number of nitrogens with two attached hydrogens (primary N) is 1. The van der Waals surface area contributed by atoms with Gasteiger partial charge >= 0.3 is 0 Å². The summed E-state index contributed by atoms with van der Waals surface area (Å²) in [5.41, 5.74) is 5.48. The molecule has 0 saturated carbocycles. The molecule has 1 aliphatic rings. The van der Waals surface area contributed by atoms with Crippen molar-refractivity contribution in [1.29, 1.82) is 0 Å². The summed E-state index contributed by atoms with van der Waals surface area (Å²) < 4.78 is 0. The maximum absolute atomic E-state index is 11.3. The molecule has 3 nitrogen and oxygen atoms in total. The highest BCUT2D eigenvalue weighted by Gasteiger charge is 2.18. The third-order valence-corrected chi connectivity index (χ3v) is 2.06. The SMILES string of the molecule is C[C@H](N)C(=O)N1CCCCC1.Cl. The second kappa shape index (κ2) is 5.38. The zero-order valence-electron chi connectivity index (χ0n) is 7.45. The molecule has 0 aromatic carbocycles. The molecular formula is C8H17ClN2O. The van der Waals surface area contributed by atoms with Crippen LogP contribution in [0.1, 0.15) is 26.2 Å². The van der Waals surface area contributed by atoms with Gasteiger partial charge in [0, 0.05) is 13.1 Å². The summed E-state index contributed by atoms with van der Waals surface area (Å²) in [6.45, 7) is 3.55. The topological polar surface area (TPSA) is 46.3 Å². The molecule has 0 spiro atoms. The van der Waals surface area contributed by atoms with Crippen LogP contribution in [0.25, 0.3) is 0 Å². The number of rotatable bonds is 1. The second-order valence-corrected chi connectivity index (χ2v) is 3.17. The van der Waals surface area contributed by atoms with Crippen LogP contribution in [-0.4, -0.2) is 29.9 Å². The third kappa shape index (κ3) is 2.99. The Morgan fingerprint density at radius 1 is 1.33 bits per heavy atom. The molecule has 1 aliphatic heterocycles. The molecule has 1 amide bonds. The van der Waals surface area contributed by atoms with E-state index in [1.807, 2.05) is 4.90 Å². The Hall–Kier alpha value is -0.280. The highest BCUT2D eigenvalue weighted by Crippen LogP contribution is 2.09. The van der Waals surface area contributed by atoms with Crippen LogP contribution in [-0.2, 0) is 4.79 Å². The minimum Gasteiger partial charge on any atom is -0.341 e. The molecule has 1 atom stereocenters. The summed E-state index contributed by atoms with van der Waals surface area (Å²) in [6.07, 6.45) is 3.53. The number of carbonyl (C=O) groups excluding carboxylic acids is 1. The van der Waals surface area contributed by atoms with Crippen LogP contribution in [0.4, 0.5) is 0 Å². The number of carbonyl (C=O) groups is 1. The Labute approximate surface area is 79.7 Å². The summed E-state index contributed by atoms with van der Waals surface area (Å²) in [6, 6.07) is -0.326. The van der Waals surface area contributed by atoms with Crippen LogP contribution in [0.3, 0.4) is 0 Å². The lowest BCUT2D eigenvalue weighted by atomic mass is 10.1. The van der Waals surface area contributed by atoms with Crippen molar-refractivity contribution in [3.05, 3.63) is 0 Å². The van der Waals surface area contributed by atoms with E-state index in [2.05, 4.69) is 0 Å². The molecule has 1 saturated heterocycles. The van der Waals surface area contributed by atoms with E-state index in [0.717, 1.165) is 25.9 Å². The summed E-state index contributed by atoms with van der Waals surface area (Å²) in [5.74, 6) is 0.102. The lowest BCUT2D eigenvalue weighted by Gasteiger charge is -2.27. The van der Waals surface area contributed by atoms with Crippen molar-refractivity contribution in [2.24, 2.45) is 5.73 Å². The van der Waals surface area contributed by atoms with Crippen LogP contribution in [0.2, 0.25) is 0 Å². The molecule has 0 bridgehead atoms. The molecule has 72 valence electrons. The Morgan fingerprint density at radius 3 is 2.25 bits per heavy atom. The van der Waals surface area contributed by atoms with Gasteiger partial charge in [0.1, 0.15) is 0 Å². The molecule has 2 N–H and O–H groups in total. The summed E-state index contributed by atoms with van der Waals surface area (Å²) in [7, 11) is 0. The normalized spacial score (nSPS) is 19.7. The van der Waals surface area contributed by atoms with Crippen molar-refractivity contribution >= 4 is 18.3 Å². The maximum atomic E-state index is 11.3. The average molecular weight is 193 g/mol. The van der Waals surface area contributed by atoms with Gasteiger partial charge in [0.2, 0.25) is 5.91 Å². The number of piperidine rings is 1. The first-order valence-corrected chi connectivity index (χ1v) is 4.26. The molecule has 0 unspecified atom stereocenters. The molecule has 0 aliphatic carbocycles. The monoisotopic (exact) mass is 192 g/mol. The summed E-state index contributed by atoms with van der Waals surface area (Å²) in [4.78, 5) is 13.2. The molecule has 0 aromatic rings. The van der Waals surface area contributed by atoms with E-state index in [1.165, 1.54) is 6.42 Å². The Morgan fingerprint density at radius 2 is 1.83 bits per heavy atom. The Bertz CT molecular complexity index is 144. The standard InChI is InChI=1S/C8H16N2O.ClH/c1-7(9)8(11)10-5-3-2-4-6-10;/h7H,2-6,9H2,1H3;1H/t7-;/m0./s1. The zero-order valence-corrected chi connectivity index (χ0v) is 8.27. The lowest BCUT2D eigenvalue weighted by Crippen LogP contribution is -2.44. The quantitative estimate of drug-likeness (QED) is 0.667. The highest BCUT2D eigenvalue weighted by atomic mass is 35.5. The molecule has 4 heteroatoms. The van der Waals surface area contributed by atoms with Gasteiger partial charge < -0.3 is 10.6 Å². The molecule has 0 aromatic heterocycles. The zero-order chi connectivity index (χ0) is 8.27. The molecule has 0 radical (unpaired) electrons. The van der Waals surface area contributed by atoms with Crippen LogP contribution in [0.15, 0.2) is 0 Å². The van der Waals surface area contributed by atoms with Crippen LogP contribution < -0.4 is 5.73 Å². The van der Waals surface area contributed by atoms with Gasteiger partial charge in [0.25, 0.3) is 0 Å². The van der Waals surface area contributed by atoms with Gasteiger partial charge in [0.05, 0.1) is 6.04 Å². The Balaban J connectivity index is 0.00000121. The van der Waals surface area contributed by atoms with Crippen LogP contribution >= 0.6 is 12.4 Å². The summed E-state index contributed by atoms with van der Waals surface area (Å²) >= 11 is 0. The van der Waals surface area contributed by atoms with E-state index in [1.54, 1.807) is 6.92 Å². The van der Waals surface area contributed by atoms with Gasteiger partial charge in [-0.1, -0.05) is 0 Å². The van der Waals surface area contributed by atoms with Gasteiger partial charge in [-0.2, -0.15) is 0 Å². The van der Waals surface area contributed by atoms with E-state index in [0.29, 0.717) is 0 Å². The summed E-state index contributed by atoms with van der Waals surface area (Å²) in [5, 5.41) is 0. The fourth-order valence-corrected chi connectivity index (χ4v) is 1.40.